The molecule has 1 unspecified atom stereocenters. The number of unbranched alkanes of at least 4 members (excludes halogenated alkanes) is 1. The number of hydrogen-bond acceptors (Lipinski definition) is 4. The molecule has 1 aliphatic heterocycles. The van der Waals surface area contributed by atoms with E-state index < -0.39 is 0 Å². The fraction of sp³-hybridized carbons (Fsp3) is 0.529. The summed E-state index contributed by atoms with van der Waals surface area (Å²) in [5.74, 6) is 0.474. The number of nitrogens with zero attached hydrogens (tertiary/aromatic N) is 1. The van der Waals surface area contributed by atoms with Gasteiger partial charge in [-0.1, -0.05) is 31.9 Å². The maximum Gasteiger partial charge on any atom is 0.265 e. The first-order valence-electron chi connectivity index (χ1n) is 8.17. The highest BCUT2D eigenvalue weighted by molar-refractivity contribution is 5.98. The molecule has 2 amide bonds. The second kappa shape index (κ2) is 8.53. The number of fused-ring (bicyclic) bond motifs is 1. The van der Waals surface area contributed by atoms with Crippen molar-refractivity contribution < 1.29 is 14.3 Å². The summed E-state index contributed by atoms with van der Waals surface area (Å²) in [6, 6.07) is 7.37. The Labute approximate surface area is 137 Å². The lowest BCUT2D eigenvalue weighted by atomic mass is 10.1. The smallest absolute Gasteiger partial charge is 0.265 e. The van der Waals surface area contributed by atoms with Crippen molar-refractivity contribution >= 4 is 17.5 Å². The number of ether oxygens (including phenoxy) is 1. The van der Waals surface area contributed by atoms with Crippen LogP contribution in [-0.4, -0.2) is 37.6 Å². The second-order valence-electron chi connectivity index (χ2n) is 5.69. The van der Waals surface area contributed by atoms with Crippen LogP contribution in [0.1, 0.15) is 32.6 Å². The van der Waals surface area contributed by atoms with Crippen LogP contribution in [-0.2, 0) is 9.59 Å². The average Bonchev–Trinajstić information content (AvgIpc) is 2.57. The molecule has 1 atom stereocenters. The Bertz CT molecular complexity index is 548. The molecule has 1 aliphatic rings. The molecule has 126 valence electrons. The number of rotatable bonds is 8. The SMILES string of the molecule is CCCCC(CN)NC(=O)CCN1C(=O)COc2ccccc21. The lowest BCUT2D eigenvalue weighted by molar-refractivity contribution is -0.122. The number of para-hydroxylation sites is 2. The molecular weight excluding hydrogens is 294 g/mol. The van der Waals surface area contributed by atoms with Crippen LogP contribution >= 0.6 is 0 Å². The van der Waals surface area contributed by atoms with Crippen LogP contribution in [0.15, 0.2) is 24.3 Å². The molecule has 0 bridgehead atoms. The molecule has 1 aromatic rings. The number of carbonyl (C=O) groups is 2. The minimum Gasteiger partial charge on any atom is -0.482 e. The van der Waals surface area contributed by atoms with Gasteiger partial charge in [0.2, 0.25) is 5.91 Å². The van der Waals surface area contributed by atoms with E-state index in [9.17, 15) is 9.59 Å². The molecular formula is C17H25N3O3. The zero-order valence-electron chi connectivity index (χ0n) is 13.6. The largest absolute Gasteiger partial charge is 0.482 e. The summed E-state index contributed by atoms with van der Waals surface area (Å²) < 4.78 is 5.39. The Hall–Kier alpha value is -2.08. The van der Waals surface area contributed by atoms with Gasteiger partial charge in [0.05, 0.1) is 5.69 Å². The van der Waals surface area contributed by atoms with E-state index in [1.54, 1.807) is 4.90 Å². The monoisotopic (exact) mass is 319 g/mol. The summed E-state index contributed by atoms with van der Waals surface area (Å²) >= 11 is 0. The molecule has 6 nitrogen and oxygen atoms in total. The summed E-state index contributed by atoms with van der Waals surface area (Å²) in [6.07, 6.45) is 3.25. The number of nitrogens with one attached hydrogen (secondary N) is 1. The van der Waals surface area contributed by atoms with Crippen molar-refractivity contribution in [3.63, 3.8) is 0 Å². The van der Waals surface area contributed by atoms with Gasteiger partial charge in [-0.25, -0.2) is 0 Å². The van der Waals surface area contributed by atoms with E-state index in [-0.39, 0.29) is 30.9 Å². The first-order valence-corrected chi connectivity index (χ1v) is 8.17. The second-order valence-corrected chi connectivity index (χ2v) is 5.69. The van der Waals surface area contributed by atoms with Gasteiger partial charge in [-0.05, 0) is 18.6 Å². The Kier molecular flexibility index (Phi) is 6.40. The third kappa shape index (κ3) is 4.69. The predicted octanol–water partition coefficient (Wildman–Crippen LogP) is 1.44. The molecule has 6 heteroatoms. The number of benzene rings is 1. The van der Waals surface area contributed by atoms with E-state index in [0.29, 0.717) is 18.8 Å². The Morgan fingerprint density at radius 2 is 2.22 bits per heavy atom. The van der Waals surface area contributed by atoms with Crippen molar-refractivity contribution in [3.05, 3.63) is 24.3 Å². The van der Waals surface area contributed by atoms with Crippen LogP contribution in [0.4, 0.5) is 5.69 Å². The zero-order chi connectivity index (χ0) is 16.7. The fourth-order valence-corrected chi connectivity index (χ4v) is 2.61. The molecule has 0 aliphatic carbocycles. The maximum absolute atomic E-state index is 12.1. The Morgan fingerprint density at radius 1 is 1.43 bits per heavy atom. The van der Waals surface area contributed by atoms with Crippen LogP contribution < -0.4 is 20.7 Å². The molecule has 1 heterocycles. The third-order valence-corrected chi connectivity index (χ3v) is 3.93. The minimum absolute atomic E-state index is 0.00938. The van der Waals surface area contributed by atoms with Crippen LogP contribution in [0.5, 0.6) is 5.75 Å². The van der Waals surface area contributed by atoms with Gasteiger partial charge in [0.1, 0.15) is 5.75 Å². The summed E-state index contributed by atoms with van der Waals surface area (Å²) in [7, 11) is 0. The van der Waals surface area contributed by atoms with Gasteiger partial charge in [0.25, 0.3) is 5.91 Å². The maximum atomic E-state index is 12.1. The summed E-state index contributed by atoms with van der Waals surface area (Å²) in [5, 5.41) is 2.95. The van der Waals surface area contributed by atoms with Gasteiger partial charge in [-0.2, -0.15) is 0 Å². The highest BCUT2D eigenvalue weighted by Gasteiger charge is 2.25. The first kappa shape index (κ1) is 17.3. The zero-order valence-corrected chi connectivity index (χ0v) is 13.6. The fourth-order valence-electron chi connectivity index (χ4n) is 2.61. The molecule has 23 heavy (non-hydrogen) atoms. The molecule has 3 N–H and O–H groups in total. The van der Waals surface area contributed by atoms with Crippen LogP contribution in [0, 0.1) is 0 Å². The van der Waals surface area contributed by atoms with Gasteiger partial charge in [0, 0.05) is 25.6 Å². The van der Waals surface area contributed by atoms with Crippen LogP contribution in [0.3, 0.4) is 0 Å². The molecule has 2 rings (SSSR count). The van der Waals surface area contributed by atoms with Gasteiger partial charge >= 0.3 is 0 Å². The summed E-state index contributed by atoms with van der Waals surface area (Å²) in [5.41, 5.74) is 6.41. The lowest BCUT2D eigenvalue weighted by Crippen LogP contribution is -2.44. The predicted molar refractivity (Wildman–Crippen MR) is 89.4 cm³/mol. The van der Waals surface area contributed by atoms with Crippen molar-refractivity contribution in [1.29, 1.82) is 0 Å². The number of carbonyl (C=O) groups excluding carboxylic acids is 2. The molecule has 1 aromatic carbocycles. The molecule has 0 saturated heterocycles. The van der Waals surface area contributed by atoms with Crippen molar-refractivity contribution in [2.45, 2.75) is 38.6 Å². The van der Waals surface area contributed by atoms with E-state index >= 15 is 0 Å². The van der Waals surface area contributed by atoms with Crippen molar-refractivity contribution in [2.75, 3.05) is 24.6 Å². The molecule has 0 fully saturated rings. The van der Waals surface area contributed by atoms with E-state index in [2.05, 4.69) is 12.2 Å². The van der Waals surface area contributed by atoms with E-state index in [0.717, 1.165) is 24.9 Å². The lowest BCUT2D eigenvalue weighted by Gasteiger charge is -2.29. The normalized spacial score (nSPS) is 14.9. The van der Waals surface area contributed by atoms with Crippen molar-refractivity contribution in [2.24, 2.45) is 5.73 Å². The Balaban J connectivity index is 1.90. The number of amides is 2. The van der Waals surface area contributed by atoms with Gasteiger partial charge in [0.15, 0.2) is 6.61 Å². The number of nitrogens with two attached hydrogens (primary N) is 1. The van der Waals surface area contributed by atoms with Crippen LogP contribution in [0.25, 0.3) is 0 Å². The van der Waals surface area contributed by atoms with Gasteiger partial charge in [-0.15, -0.1) is 0 Å². The third-order valence-electron chi connectivity index (χ3n) is 3.93. The number of hydrogen-bond donors (Lipinski definition) is 2. The topological polar surface area (TPSA) is 84.7 Å². The van der Waals surface area contributed by atoms with E-state index in [1.165, 1.54) is 0 Å². The van der Waals surface area contributed by atoms with Crippen molar-refractivity contribution in [1.82, 2.24) is 5.32 Å². The highest BCUT2D eigenvalue weighted by atomic mass is 16.5. The van der Waals surface area contributed by atoms with Crippen molar-refractivity contribution in [3.8, 4) is 5.75 Å². The quantitative estimate of drug-likeness (QED) is 0.759. The molecule has 0 saturated carbocycles. The van der Waals surface area contributed by atoms with Crippen LogP contribution in [0.2, 0.25) is 0 Å². The molecule has 0 aromatic heterocycles. The van der Waals surface area contributed by atoms with Gasteiger partial charge < -0.3 is 20.7 Å². The average molecular weight is 319 g/mol. The summed E-state index contributed by atoms with van der Waals surface area (Å²) in [4.78, 5) is 25.8. The van der Waals surface area contributed by atoms with Gasteiger partial charge in [-0.3, -0.25) is 9.59 Å². The minimum atomic E-state index is -0.127. The summed E-state index contributed by atoms with van der Waals surface area (Å²) in [6.45, 7) is 2.90. The molecule has 0 spiro atoms. The molecule has 0 radical (unpaired) electrons. The Morgan fingerprint density at radius 3 is 2.96 bits per heavy atom. The standard InChI is InChI=1S/C17H25N3O3/c1-2-3-6-13(11-18)19-16(21)9-10-20-14-7-4-5-8-15(14)23-12-17(20)22/h4-5,7-8,13H,2-3,6,9-12,18H2,1H3,(H,19,21). The highest BCUT2D eigenvalue weighted by Crippen LogP contribution is 2.31. The first-order chi connectivity index (χ1) is 11.2. The number of anilines is 1. The van der Waals surface area contributed by atoms with E-state index in [1.807, 2.05) is 24.3 Å². The van der Waals surface area contributed by atoms with E-state index in [4.69, 9.17) is 10.5 Å².